The van der Waals surface area contributed by atoms with Gasteiger partial charge in [0.1, 0.15) is 0 Å². The second-order valence-electron chi connectivity index (χ2n) is 6.11. The van der Waals surface area contributed by atoms with E-state index in [1.165, 1.54) is 24.6 Å². The summed E-state index contributed by atoms with van der Waals surface area (Å²) in [5.74, 6) is 0.577. The summed E-state index contributed by atoms with van der Waals surface area (Å²) >= 11 is 1.84. The van der Waals surface area contributed by atoms with E-state index >= 15 is 0 Å². The molecule has 0 atom stereocenters. The fourth-order valence-electron chi connectivity index (χ4n) is 2.71. The van der Waals surface area contributed by atoms with E-state index in [1.807, 2.05) is 37.0 Å². The predicted octanol–water partition coefficient (Wildman–Crippen LogP) is 3.24. The normalized spacial score (nSPS) is 12.8. The van der Waals surface area contributed by atoms with Gasteiger partial charge in [0.15, 0.2) is 5.82 Å². The van der Waals surface area contributed by atoms with Gasteiger partial charge in [-0.1, -0.05) is 12.1 Å². The van der Waals surface area contributed by atoms with E-state index in [-0.39, 0.29) is 5.56 Å². The number of pyridine rings is 1. The number of nitrogens with two attached hydrogens (primary N) is 1. The molecule has 2 aromatic heterocycles. The Kier molecular flexibility index (Phi) is 5.79. The van der Waals surface area contributed by atoms with Gasteiger partial charge < -0.3 is 5.73 Å². The zero-order valence-corrected chi connectivity index (χ0v) is 16.1. The molecule has 2 heterocycles. The predicted molar refractivity (Wildman–Crippen MR) is 108 cm³/mol. The first-order valence-electron chi connectivity index (χ1n) is 8.68. The van der Waals surface area contributed by atoms with Crippen LogP contribution in [-0.2, 0) is 0 Å². The Morgan fingerprint density at radius 2 is 1.93 bits per heavy atom. The summed E-state index contributed by atoms with van der Waals surface area (Å²) in [4.78, 5) is 18.4. The first-order chi connectivity index (χ1) is 13.2. The van der Waals surface area contributed by atoms with E-state index in [9.17, 15) is 4.79 Å². The highest BCUT2D eigenvalue weighted by molar-refractivity contribution is 8.00. The second kappa shape index (κ2) is 8.25. The number of aromatic nitrogens is 3. The number of nitriles is 1. The molecule has 0 spiro atoms. The van der Waals surface area contributed by atoms with Crippen molar-refractivity contribution in [2.45, 2.75) is 29.9 Å². The number of rotatable bonds is 4. The lowest BCUT2D eigenvalue weighted by Crippen LogP contribution is -2.16. The molecule has 27 heavy (non-hydrogen) atoms. The van der Waals surface area contributed by atoms with Gasteiger partial charge in [-0.15, -0.1) is 11.8 Å². The van der Waals surface area contributed by atoms with E-state index in [0.717, 1.165) is 21.4 Å². The van der Waals surface area contributed by atoms with Gasteiger partial charge in [0.05, 0.1) is 17.2 Å². The lowest BCUT2D eigenvalue weighted by atomic mass is 10.1. The quantitative estimate of drug-likeness (QED) is 0.725. The molecule has 1 saturated carbocycles. The van der Waals surface area contributed by atoms with Crippen molar-refractivity contribution >= 4 is 11.8 Å². The third kappa shape index (κ3) is 4.13. The maximum atomic E-state index is 12.8. The molecule has 0 bridgehead atoms. The summed E-state index contributed by atoms with van der Waals surface area (Å²) in [7, 11) is 1.50. The summed E-state index contributed by atoms with van der Waals surface area (Å²) in [6, 6.07) is 13.0. The molecule has 1 aliphatic carbocycles. The van der Waals surface area contributed by atoms with Crippen LogP contribution in [0.4, 0.5) is 0 Å². The van der Waals surface area contributed by atoms with Crippen LogP contribution in [-0.4, -0.2) is 27.1 Å². The van der Waals surface area contributed by atoms with Crippen LogP contribution in [0.25, 0.3) is 16.9 Å². The van der Waals surface area contributed by atoms with Crippen LogP contribution in [0.2, 0.25) is 0 Å². The van der Waals surface area contributed by atoms with Gasteiger partial charge in [-0.25, -0.2) is 9.67 Å². The van der Waals surface area contributed by atoms with Crippen LogP contribution < -0.4 is 11.3 Å². The molecular formula is C20H21N5OS. The molecule has 0 unspecified atom stereocenters. The largest absolute Gasteiger partial charge is 0.333 e. The molecule has 3 aromatic rings. The molecular weight excluding hydrogens is 358 g/mol. The summed E-state index contributed by atoms with van der Waals surface area (Å²) in [5.41, 5.74) is 7.09. The average Bonchev–Trinajstić information content (AvgIpc) is 3.48. The lowest BCUT2D eigenvalue weighted by Gasteiger charge is -2.02. The monoisotopic (exact) mass is 379 g/mol. The van der Waals surface area contributed by atoms with Crippen LogP contribution in [0.5, 0.6) is 0 Å². The van der Waals surface area contributed by atoms with Crippen molar-refractivity contribution < 1.29 is 0 Å². The number of thioether (sulfide) groups is 1. The first-order valence-corrected chi connectivity index (χ1v) is 9.56. The minimum absolute atomic E-state index is 0.141. The number of nitrogens with one attached hydrogen (secondary N) is 1. The molecule has 3 N–H and O–H groups in total. The molecule has 0 aliphatic heterocycles. The van der Waals surface area contributed by atoms with Crippen LogP contribution >= 0.6 is 11.8 Å². The lowest BCUT2D eigenvalue weighted by molar-refractivity contribution is 0.804. The number of nitrogens with zero attached hydrogens (tertiary/aromatic N) is 3. The van der Waals surface area contributed by atoms with Gasteiger partial charge in [0, 0.05) is 22.0 Å². The first kappa shape index (κ1) is 19.0. The van der Waals surface area contributed by atoms with Gasteiger partial charge >= 0.3 is 0 Å². The van der Waals surface area contributed by atoms with Crippen molar-refractivity contribution in [3.63, 3.8) is 0 Å². The third-order valence-electron chi connectivity index (χ3n) is 4.15. The van der Waals surface area contributed by atoms with Gasteiger partial charge in [-0.2, -0.15) is 5.26 Å². The Hall–Kier alpha value is -2.82. The Labute approximate surface area is 162 Å². The Morgan fingerprint density at radius 3 is 2.48 bits per heavy atom. The van der Waals surface area contributed by atoms with E-state index < -0.39 is 0 Å². The molecule has 0 radical (unpaired) electrons. The van der Waals surface area contributed by atoms with E-state index in [4.69, 9.17) is 5.26 Å². The summed E-state index contributed by atoms with van der Waals surface area (Å²) in [6.07, 6.45) is 4.37. The molecule has 0 amide bonds. The molecule has 1 fully saturated rings. The SMILES string of the molecule is CN.Cc1[nH]n(-c2ccc(SC3CC3)cn2)c(=O)c1-c1ccc(C#N)cc1. The Balaban J connectivity index is 0.00000102. The zero-order valence-electron chi connectivity index (χ0n) is 15.3. The topological polar surface area (TPSA) is 100 Å². The van der Waals surface area contributed by atoms with Crippen LogP contribution in [0.1, 0.15) is 24.1 Å². The second-order valence-corrected chi connectivity index (χ2v) is 7.48. The smallest absolute Gasteiger partial charge is 0.280 e. The van der Waals surface area contributed by atoms with Gasteiger partial charge in [0.2, 0.25) is 0 Å². The van der Waals surface area contributed by atoms with Gasteiger partial charge in [-0.3, -0.25) is 9.89 Å². The number of benzene rings is 1. The van der Waals surface area contributed by atoms with E-state index in [1.54, 1.807) is 24.3 Å². The standard InChI is InChI=1S/C19H16N4OS.CH5N/c1-12-18(14-4-2-13(10-20)3-5-14)19(24)23(22-12)17-9-8-16(11-21-17)25-15-6-7-15;1-2/h2-5,8-9,11,15,22H,6-7H2,1H3;2H2,1H3. The molecule has 0 saturated heterocycles. The minimum Gasteiger partial charge on any atom is -0.333 e. The van der Waals surface area contributed by atoms with Gasteiger partial charge in [-0.05, 0) is 56.6 Å². The summed E-state index contributed by atoms with van der Waals surface area (Å²) in [5, 5.41) is 12.7. The van der Waals surface area contributed by atoms with Crippen molar-refractivity contribution in [2.75, 3.05) is 7.05 Å². The highest BCUT2D eigenvalue weighted by atomic mass is 32.2. The zero-order chi connectivity index (χ0) is 19.4. The van der Waals surface area contributed by atoms with Crippen LogP contribution in [0, 0.1) is 18.3 Å². The maximum absolute atomic E-state index is 12.8. The number of H-pyrrole nitrogens is 1. The van der Waals surface area contributed by atoms with Crippen molar-refractivity contribution in [3.8, 4) is 23.0 Å². The summed E-state index contributed by atoms with van der Waals surface area (Å²) < 4.78 is 1.47. The molecule has 4 rings (SSSR count). The van der Waals surface area contributed by atoms with Crippen molar-refractivity contribution in [1.29, 1.82) is 5.26 Å². The molecule has 1 aromatic carbocycles. The van der Waals surface area contributed by atoms with Crippen molar-refractivity contribution in [3.05, 3.63) is 64.2 Å². The molecule has 7 heteroatoms. The van der Waals surface area contributed by atoms with E-state index in [0.29, 0.717) is 16.9 Å². The number of aromatic amines is 1. The summed E-state index contributed by atoms with van der Waals surface area (Å²) in [6.45, 7) is 1.86. The highest BCUT2D eigenvalue weighted by Crippen LogP contribution is 2.38. The molecule has 138 valence electrons. The molecule has 6 nitrogen and oxygen atoms in total. The van der Waals surface area contributed by atoms with Crippen LogP contribution in [0.15, 0.2) is 52.3 Å². The third-order valence-corrected chi connectivity index (χ3v) is 5.47. The van der Waals surface area contributed by atoms with Crippen molar-refractivity contribution in [1.82, 2.24) is 14.8 Å². The number of hydrogen-bond acceptors (Lipinski definition) is 5. The number of aryl methyl sites for hydroxylation is 1. The highest BCUT2D eigenvalue weighted by Gasteiger charge is 2.22. The minimum atomic E-state index is -0.141. The average molecular weight is 379 g/mol. The maximum Gasteiger partial charge on any atom is 0.280 e. The van der Waals surface area contributed by atoms with Crippen LogP contribution in [0.3, 0.4) is 0 Å². The van der Waals surface area contributed by atoms with E-state index in [2.05, 4.69) is 21.9 Å². The fourth-order valence-corrected chi connectivity index (χ4v) is 3.73. The Morgan fingerprint density at radius 1 is 1.22 bits per heavy atom. The fraction of sp³-hybridized carbons (Fsp3) is 0.250. The van der Waals surface area contributed by atoms with Crippen molar-refractivity contribution in [2.24, 2.45) is 5.73 Å². The Bertz CT molecular complexity index is 1010. The molecule has 1 aliphatic rings. The van der Waals surface area contributed by atoms with Gasteiger partial charge in [0.25, 0.3) is 5.56 Å². The number of hydrogen-bond donors (Lipinski definition) is 2.